The Morgan fingerprint density at radius 3 is 0.368 bits per heavy atom. The molecule has 2 atom stereocenters. The number of carboxylic acids is 2. The Kier molecular flexibility index (Phi) is 71.0. The van der Waals surface area contributed by atoms with E-state index in [4.69, 9.17) is 0 Å². The lowest BCUT2D eigenvalue weighted by atomic mass is 9.94. The molecular weight excluding hydrogens is 929 g/mol. The lowest BCUT2D eigenvalue weighted by Gasteiger charge is -2.12. The fourth-order valence-corrected chi connectivity index (χ4v) is 11.8. The molecule has 456 valence electrons. The molecule has 0 aliphatic rings. The Labute approximate surface area is 480 Å². The molecule has 0 bridgehead atoms. The van der Waals surface area contributed by atoms with Gasteiger partial charge in [-0.2, -0.15) is 0 Å². The third-order valence-corrected chi connectivity index (χ3v) is 17.3. The quantitative estimate of drug-likeness (QED) is 0.0595. The van der Waals surface area contributed by atoms with Gasteiger partial charge in [0.15, 0.2) is 0 Å². The minimum atomic E-state index is -0.555. The van der Waals surface area contributed by atoms with Gasteiger partial charge in [-0.05, 0) is 25.7 Å². The lowest BCUT2D eigenvalue weighted by Crippen LogP contribution is -2.13. The molecule has 0 spiro atoms. The van der Waals surface area contributed by atoms with Gasteiger partial charge in [-0.15, -0.1) is 0 Å². The molecule has 0 aromatic heterocycles. The van der Waals surface area contributed by atoms with Crippen molar-refractivity contribution < 1.29 is 19.8 Å². The molecule has 0 aliphatic heterocycles. The minimum Gasteiger partial charge on any atom is -0.481 e. The molecule has 0 rings (SSSR count). The third-order valence-electron chi connectivity index (χ3n) is 17.3. The zero-order valence-electron chi connectivity index (χ0n) is 53.1. The fourth-order valence-electron chi connectivity index (χ4n) is 11.8. The van der Waals surface area contributed by atoms with Gasteiger partial charge in [0.2, 0.25) is 0 Å². The van der Waals surface area contributed by atoms with Crippen LogP contribution < -0.4 is 0 Å². The summed E-state index contributed by atoms with van der Waals surface area (Å²) in [5.74, 6) is -1.31. The molecule has 0 aliphatic carbocycles. The average molecular weight is 1070 g/mol. The summed E-state index contributed by atoms with van der Waals surface area (Å²) in [5.41, 5.74) is 0. The minimum absolute atomic E-state index is 0.0982. The van der Waals surface area contributed by atoms with Crippen LogP contribution in [0.3, 0.4) is 0 Å². The molecule has 2 unspecified atom stereocenters. The molecule has 0 radical (unpaired) electrons. The molecule has 0 heterocycles. The average Bonchev–Trinajstić information content (AvgIpc) is 3.41. The first-order chi connectivity index (χ1) is 37.4. The second-order valence-corrected chi connectivity index (χ2v) is 25.0. The van der Waals surface area contributed by atoms with E-state index >= 15 is 0 Å². The monoisotopic (exact) mass is 1070 g/mol. The molecule has 2 N–H and O–H groups in total. The van der Waals surface area contributed by atoms with E-state index in [1.807, 2.05) is 0 Å². The van der Waals surface area contributed by atoms with Crippen molar-refractivity contribution in [3.05, 3.63) is 0 Å². The summed E-state index contributed by atoms with van der Waals surface area (Å²) in [4.78, 5) is 23.3. The predicted octanol–water partition coefficient (Wildman–Crippen LogP) is 26.4. The van der Waals surface area contributed by atoms with E-state index < -0.39 is 11.9 Å². The molecule has 4 nitrogen and oxygen atoms in total. The van der Waals surface area contributed by atoms with Crippen molar-refractivity contribution >= 4 is 11.9 Å². The summed E-state index contributed by atoms with van der Waals surface area (Å²) in [5, 5.41) is 19.2. The van der Waals surface area contributed by atoms with Crippen LogP contribution in [0.5, 0.6) is 0 Å². The highest BCUT2D eigenvalue weighted by molar-refractivity contribution is 5.70. The highest BCUT2D eigenvalue weighted by Crippen LogP contribution is 2.23. The number of hydrogen-bond donors (Lipinski definition) is 2. The van der Waals surface area contributed by atoms with Crippen LogP contribution in [0.4, 0.5) is 0 Å². The van der Waals surface area contributed by atoms with Crippen molar-refractivity contribution in [3.8, 4) is 0 Å². The normalized spacial score (nSPS) is 12.3. The van der Waals surface area contributed by atoms with Crippen LogP contribution in [0.1, 0.15) is 439 Å². The molecular formula is C72H144O4. The summed E-state index contributed by atoms with van der Waals surface area (Å²) in [6.07, 6.45) is 85.6. The molecule has 4 heteroatoms. The van der Waals surface area contributed by atoms with Crippen LogP contribution in [0, 0.1) is 11.8 Å². The number of hydrogen-bond acceptors (Lipinski definition) is 2. The van der Waals surface area contributed by atoms with Crippen LogP contribution in [-0.4, -0.2) is 22.2 Å². The largest absolute Gasteiger partial charge is 0.481 e. The summed E-state index contributed by atoms with van der Waals surface area (Å²) in [7, 11) is 0. The van der Waals surface area contributed by atoms with E-state index in [1.165, 1.54) is 360 Å². The Balaban J connectivity index is 0. The first-order valence-electron chi connectivity index (χ1n) is 35.9. The molecule has 0 saturated carbocycles. The molecule has 0 aromatic rings. The first kappa shape index (κ1) is 77.0. The number of unbranched alkanes of at least 4 members (excludes halogenated alkanes) is 56. The van der Waals surface area contributed by atoms with Crippen molar-refractivity contribution in [3.63, 3.8) is 0 Å². The molecule has 0 amide bonds. The van der Waals surface area contributed by atoms with E-state index in [-0.39, 0.29) is 11.8 Å². The van der Waals surface area contributed by atoms with E-state index in [2.05, 4.69) is 27.7 Å². The number of aliphatic carboxylic acids is 2. The van der Waals surface area contributed by atoms with Crippen molar-refractivity contribution in [2.24, 2.45) is 11.8 Å². The van der Waals surface area contributed by atoms with Gasteiger partial charge in [0.1, 0.15) is 0 Å². The van der Waals surface area contributed by atoms with Crippen molar-refractivity contribution in [1.82, 2.24) is 0 Å². The van der Waals surface area contributed by atoms with Crippen LogP contribution in [0.25, 0.3) is 0 Å². The summed E-state index contributed by atoms with van der Waals surface area (Å²) in [6.45, 7) is 9.15. The summed E-state index contributed by atoms with van der Waals surface area (Å²) >= 11 is 0. The first-order valence-corrected chi connectivity index (χ1v) is 35.9. The predicted molar refractivity (Wildman–Crippen MR) is 340 cm³/mol. The molecule has 0 aromatic carbocycles. The SMILES string of the molecule is CCCCCCCCCCCCCCCCCCC(CCCCCCCCCCCCCCCC)C(=O)O.CCCCCCCCCCCCCCCCCCC(CCCCCCCCCCCCCCCC)C(=O)O. The topological polar surface area (TPSA) is 74.6 Å². The fraction of sp³-hybridized carbons (Fsp3) is 0.972. The Hall–Kier alpha value is -1.06. The van der Waals surface area contributed by atoms with Gasteiger partial charge in [-0.25, -0.2) is 0 Å². The number of rotatable bonds is 66. The highest BCUT2D eigenvalue weighted by Gasteiger charge is 2.17. The summed E-state index contributed by atoms with van der Waals surface area (Å²) < 4.78 is 0. The van der Waals surface area contributed by atoms with Crippen molar-refractivity contribution in [1.29, 1.82) is 0 Å². The van der Waals surface area contributed by atoms with Crippen molar-refractivity contribution in [2.45, 2.75) is 439 Å². The Bertz CT molecular complexity index is 975. The van der Waals surface area contributed by atoms with Crippen molar-refractivity contribution in [2.75, 3.05) is 0 Å². The van der Waals surface area contributed by atoms with Gasteiger partial charge in [0, 0.05) is 0 Å². The highest BCUT2D eigenvalue weighted by atomic mass is 16.4. The van der Waals surface area contributed by atoms with E-state index in [0.717, 1.165) is 51.4 Å². The molecule has 0 saturated heterocycles. The van der Waals surface area contributed by atoms with E-state index in [1.54, 1.807) is 0 Å². The van der Waals surface area contributed by atoms with Gasteiger partial charge in [0.05, 0.1) is 11.8 Å². The maximum Gasteiger partial charge on any atom is 0.306 e. The standard InChI is InChI=1S/2C36H72O2/c2*1-3-5-7-9-11-13-15-17-19-20-22-24-26-28-30-32-34-35(36(37)38)33-31-29-27-25-23-21-18-16-14-12-10-8-6-4-2/h2*35H,3-34H2,1-2H3,(H,37,38). The maximum atomic E-state index is 11.7. The van der Waals surface area contributed by atoms with Gasteiger partial charge in [-0.1, -0.05) is 413 Å². The Morgan fingerprint density at radius 2 is 0.276 bits per heavy atom. The van der Waals surface area contributed by atoms with Gasteiger partial charge in [-0.3, -0.25) is 9.59 Å². The smallest absolute Gasteiger partial charge is 0.306 e. The van der Waals surface area contributed by atoms with Gasteiger partial charge < -0.3 is 10.2 Å². The third kappa shape index (κ3) is 67.2. The summed E-state index contributed by atoms with van der Waals surface area (Å²) in [6, 6.07) is 0. The van der Waals surface area contributed by atoms with Crippen LogP contribution in [-0.2, 0) is 9.59 Å². The zero-order chi connectivity index (χ0) is 55.6. The van der Waals surface area contributed by atoms with Gasteiger partial charge >= 0.3 is 11.9 Å². The second kappa shape index (κ2) is 70.0. The van der Waals surface area contributed by atoms with Crippen LogP contribution >= 0.6 is 0 Å². The lowest BCUT2D eigenvalue weighted by molar-refractivity contribution is -0.143. The number of carboxylic acid groups (broad SMARTS) is 2. The van der Waals surface area contributed by atoms with Gasteiger partial charge in [0.25, 0.3) is 0 Å². The maximum absolute atomic E-state index is 11.7. The van der Waals surface area contributed by atoms with Crippen LogP contribution in [0.15, 0.2) is 0 Å². The second-order valence-electron chi connectivity index (χ2n) is 25.0. The zero-order valence-corrected chi connectivity index (χ0v) is 53.1. The van der Waals surface area contributed by atoms with E-state index in [9.17, 15) is 19.8 Å². The van der Waals surface area contributed by atoms with Crippen LogP contribution in [0.2, 0.25) is 0 Å². The molecule has 76 heavy (non-hydrogen) atoms. The number of carbonyl (C=O) groups is 2. The Morgan fingerprint density at radius 1 is 0.184 bits per heavy atom. The molecule has 0 fully saturated rings. The van der Waals surface area contributed by atoms with E-state index in [0.29, 0.717) is 0 Å².